The second-order valence-electron chi connectivity index (χ2n) is 5.52. The lowest BCUT2D eigenvalue weighted by Crippen LogP contribution is -2.24. The molecule has 23 heavy (non-hydrogen) atoms. The summed E-state index contributed by atoms with van der Waals surface area (Å²) < 4.78 is 1.95. The number of rotatable bonds is 1. The number of fused-ring (bicyclic) bond motifs is 3. The number of amides is 1. The lowest BCUT2D eigenvalue weighted by Gasteiger charge is -2.08. The van der Waals surface area contributed by atoms with E-state index in [9.17, 15) is 4.79 Å². The van der Waals surface area contributed by atoms with Crippen LogP contribution in [0.1, 0.15) is 15.9 Å². The number of carbonyl (C=O) groups excluding carboxylic acids is 1. The van der Waals surface area contributed by atoms with E-state index in [2.05, 4.69) is 32.4 Å². The molecule has 3 aromatic rings. The zero-order chi connectivity index (χ0) is 15.8. The van der Waals surface area contributed by atoms with Gasteiger partial charge in [0.2, 0.25) is 5.62 Å². The maximum Gasteiger partial charge on any atom is 0.281 e. The molecule has 0 unspecified atom stereocenters. The van der Waals surface area contributed by atoms with Crippen LogP contribution >= 0.6 is 0 Å². The molecular weight excluding hydrogens is 290 g/mol. The highest BCUT2D eigenvalue weighted by molar-refractivity contribution is 5.95. The summed E-state index contributed by atoms with van der Waals surface area (Å²) in [5.41, 5.74) is 2.84. The Hall–Kier alpha value is -3.02. The number of aromatic nitrogens is 3. The summed E-state index contributed by atoms with van der Waals surface area (Å²) in [4.78, 5) is 25.1. The summed E-state index contributed by atoms with van der Waals surface area (Å²) in [7, 11) is 0. The van der Waals surface area contributed by atoms with Gasteiger partial charge in [-0.1, -0.05) is 6.07 Å². The van der Waals surface area contributed by atoms with E-state index in [0.29, 0.717) is 11.2 Å². The Morgan fingerprint density at radius 2 is 2.26 bits per heavy atom. The van der Waals surface area contributed by atoms with Crippen LogP contribution in [0.5, 0.6) is 0 Å². The number of nitrogens with zero attached hydrogens (tertiary/aromatic N) is 4. The van der Waals surface area contributed by atoms with Crippen molar-refractivity contribution in [2.75, 3.05) is 11.9 Å². The van der Waals surface area contributed by atoms with E-state index in [0.717, 1.165) is 35.4 Å². The highest BCUT2D eigenvalue weighted by Gasteiger charge is 2.16. The van der Waals surface area contributed by atoms with Crippen molar-refractivity contribution in [3.05, 3.63) is 59.5 Å². The Morgan fingerprint density at radius 1 is 1.35 bits per heavy atom. The predicted molar refractivity (Wildman–Crippen MR) is 87.1 cm³/mol. The average Bonchev–Trinajstić information content (AvgIpc) is 3.05. The van der Waals surface area contributed by atoms with E-state index >= 15 is 0 Å². The standard InChI is InChI=1S/C17H15N5O/c1-11-4-5-13-14(9-11)20-17(22-8-7-19-15(13)22)21-16(23)12-3-2-6-18-10-12/h2-6,9-10,19H,7-8H2,1H3. The number of hydrogen-bond acceptors (Lipinski definition) is 4. The Morgan fingerprint density at radius 3 is 3.09 bits per heavy atom. The average molecular weight is 305 g/mol. The van der Waals surface area contributed by atoms with Crippen molar-refractivity contribution in [1.82, 2.24) is 14.5 Å². The molecule has 0 atom stereocenters. The van der Waals surface area contributed by atoms with Crippen molar-refractivity contribution in [3.8, 4) is 0 Å². The van der Waals surface area contributed by atoms with E-state index in [4.69, 9.17) is 0 Å². The van der Waals surface area contributed by atoms with Crippen LogP contribution in [0.3, 0.4) is 0 Å². The van der Waals surface area contributed by atoms with Gasteiger partial charge < -0.3 is 5.32 Å². The predicted octanol–water partition coefficient (Wildman–Crippen LogP) is 1.91. The molecule has 0 fully saturated rings. The third-order valence-corrected chi connectivity index (χ3v) is 3.88. The van der Waals surface area contributed by atoms with Crippen LogP contribution in [-0.4, -0.2) is 27.0 Å². The SMILES string of the molecule is Cc1ccc2c3n(c(=NC(=O)c4cccnc4)nc2c1)CCN3. The highest BCUT2D eigenvalue weighted by Crippen LogP contribution is 2.23. The molecule has 0 saturated carbocycles. The number of benzene rings is 1. The van der Waals surface area contributed by atoms with Crippen molar-refractivity contribution < 1.29 is 4.79 Å². The molecule has 1 aliphatic rings. The minimum absolute atomic E-state index is 0.334. The maximum absolute atomic E-state index is 12.3. The lowest BCUT2D eigenvalue weighted by molar-refractivity contribution is 0.0996. The first-order valence-electron chi connectivity index (χ1n) is 7.46. The van der Waals surface area contributed by atoms with Crippen LogP contribution in [0.2, 0.25) is 0 Å². The fourth-order valence-corrected chi connectivity index (χ4v) is 2.77. The molecule has 114 valence electrons. The van der Waals surface area contributed by atoms with E-state index in [1.807, 2.05) is 17.6 Å². The highest BCUT2D eigenvalue weighted by atomic mass is 16.1. The fourth-order valence-electron chi connectivity index (χ4n) is 2.77. The van der Waals surface area contributed by atoms with E-state index in [-0.39, 0.29) is 5.91 Å². The number of carbonyl (C=O) groups is 1. The van der Waals surface area contributed by atoms with Gasteiger partial charge in [-0.15, -0.1) is 0 Å². The summed E-state index contributed by atoms with van der Waals surface area (Å²) in [6.45, 7) is 3.57. The molecule has 0 spiro atoms. The number of anilines is 1. The molecule has 0 aliphatic carbocycles. The Labute approximate surface area is 132 Å². The second kappa shape index (κ2) is 5.31. The quantitative estimate of drug-likeness (QED) is 0.745. The maximum atomic E-state index is 12.3. The zero-order valence-electron chi connectivity index (χ0n) is 12.7. The molecule has 1 aromatic carbocycles. The summed E-state index contributed by atoms with van der Waals surface area (Å²) in [6.07, 6.45) is 3.14. The second-order valence-corrected chi connectivity index (χ2v) is 5.52. The van der Waals surface area contributed by atoms with Crippen LogP contribution < -0.4 is 10.9 Å². The molecular formula is C17H15N5O. The molecule has 1 amide bonds. The molecule has 0 saturated heterocycles. The molecule has 4 rings (SSSR count). The largest absolute Gasteiger partial charge is 0.369 e. The van der Waals surface area contributed by atoms with Gasteiger partial charge in [-0.25, -0.2) is 4.98 Å². The summed E-state index contributed by atoms with van der Waals surface area (Å²) >= 11 is 0. The van der Waals surface area contributed by atoms with Crippen molar-refractivity contribution in [2.24, 2.45) is 4.99 Å². The van der Waals surface area contributed by atoms with E-state index < -0.39 is 0 Å². The smallest absolute Gasteiger partial charge is 0.281 e. The fraction of sp³-hybridized carbons (Fsp3) is 0.176. The van der Waals surface area contributed by atoms with E-state index in [1.165, 1.54) is 6.20 Å². The van der Waals surface area contributed by atoms with Crippen molar-refractivity contribution >= 4 is 22.6 Å². The number of pyridine rings is 1. The first kappa shape index (κ1) is 13.6. The molecule has 0 radical (unpaired) electrons. The molecule has 3 heterocycles. The normalized spacial score (nSPS) is 13.9. The number of nitrogens with one attached hydrogen (secondary N) is 1. The summed E-state index contributed by atoms with van der Waals surface area (Å²) in [6, 6.07) is 9.53. The number of aryl methyl sites for hydroxylation is 1. The molecule has 0 bridgehead atoms. The van der Waals surface area contributed by atoms with Gasteiger partial charge in [0, 0.05) is 30.9 Å². The molecule has 2 aromatic heterocycles. The van der Waals surface area contributed by atoms with Crippen LogP contribution in [0.25, 0.3) is 10.9 Å². The van der Waals surface area contributed by atoms with Crippen LogP contribution in [0.15, 0.2) is 47.7 Å². The minimum atomic E-state index is -0.334. The molecule has 6 nitrogen and oxygen atoms in total. The lowest BCUT2D eigenvalue weighted by atomic mass is 10.1. The van der Waals surface area contributed by atoms with Gasteiger partial charge in [-0.2, -0.15) is 4.99 Å². The molecule has 6 heteroatoms. The van der Waals surface area contributed by atoms with Crippen molar-refractivity contribution in [1.29, 1.82) is 0 Å². The molecule has 1 N–H and O–H groups in total. The van der Waals surface area contributed by atoms with Gasteiger partial charge >= 0.3 is 0 Å². The van der Waals surface area contributed by atoms with Crippen LogP contribution in [0, 0.1) is 6.92 Å². The zero-order valence-corrected chi connectivity index (χ0v) is 12.7. The first-order chi connectivity index (χ1) is 11.2. The Balaban J connectivity index is 1.93. The minimum Gasteiger partial charge on any atom is -0.369 e. The van der Waals surface area contributed by atoms with Crippen LogP contribution in [0.4, 0.5) is 5.82 Å². The van der Waals surface area contributed by atoms with E-state index in [1.54, 1.807) is 18.3 Å². The van der Waals surface area contributed by atoms with Gasteiger partial charge in [0.25, 0.3) is 5.91 Å². The van der Waals surface area contributed by atoms with Gasteiger partial charge in [0.1, 0.15) is 5.82 Å². The number of hydrogen-bond donors (Lipinski definition) is 1. The van der Waals surface area contributed by atoms with Crippen molar-refractivity contribution in [2.45, 2.75) is 13.5 Å². The third kappa shape index (κ3) is 2.38. The third-order valence-electron chi connectivity index (χ3n) is 3.88. The monoisotopic (exact) mass is 305 g/mol. The van der Waals surface area contributed by atoms with Gasteiger partial charge in [-0.05, 0) is 36.8 Å². The van der Waals surface area contributed by atoms with Gasteiger partial charge in [-0.3, -0.25) is 14.3 Å². The molecule has 1 aliphatic heterocycles. The summed E-state index contributed by atoms with van der Waals surface area (Å²) in [5.74, 6) is 0.631. The first-order valence-corrected chi connectivity index (χ1v) is 7.46. The Bertz CT molecular complexity index is 975. The van der Waals surface area contributed by atoms with Gasteiger partial charge in [0.15, 0.2) is 0 Å². The van der Waals surface area contributed by atoms with Crippen molar-refractivity contribution in [3.63, 3.8) is 0 Å². The van der Waals surface area contributed by atoms with Crippen LogP contribution in [-0.2, 0) is 6.54 Å². The van der Waals surface area contributed by atoms with Gasteiger partial charge in [0.05, 0.1) is 11.1 Å². The topological polar surface area (TPSA) is 72.2 Å². The Kier molecular flexibility index (Phi) is 3.15. The summed E-state index contributed by atoms with van der Waals surface area (Å²) in [5, 5.41) is 4.40.